The molecule has 1 aromatic heterocycles. The molecule has 0 aliphatic rings. The summed E-state index contributed by atoms with van der Waals surface area (Å²) in [5, 5.41) is 3.21. The predicted molar refractivity (Wildman–Crippen MR) is 96.5 cm³/mol. The van der Waals surface area contributed by atoms with Crippen molar-refractivity contribution in [3.63, 3.8) is 0 Å². The first kappa shape index (κ1) is 18.5. The Balaban J connectivity index is 1.81. The van der Waals surface area contributed by atoms with Crippen molar-refractivity contribution in [2.75, 3.05) is 0 Å². The minimum absolute atomic E-state index is 0.0292. The highest BCUT2D eigenvalue weighted by Gasteiger charge is 2.19. The lowest BCUT2D eigenvalue weighted by Crippen LogP contribution is -2.42. The fourth-order valence-corrected chi connectivity index (χ4v) is 2.45. The van der Waals surface area contributed by atoms with Crippen LogP contribution in [-0.2, 0) is 0 Å². The monoisotopic (exact) mass is 368 g/mol. The molecule has 0 saturated carbocycles. The molecule has 3 nitrogen and oxygen atoms in total. The van der Waals surface area contributed by atoms with Gasteiger partial charge in [0.1, 0.15) is 23.0 Å². The van der Waals surface area contributed by atoms with Gasteiger partial charge in [-0.1, -0.05) is 24.0 Å². The molecule has 1 amide bonds. The van der Waals surface area contributed by atoms with Gasteiger partial charge in [0.25, 0.3) is 5.91 Å². The van der Waals surface area contributed by atoms with Crippen LogP contribution in [0.15, 0.2) is 48.7 Å². The van der Waals surface area contributed by atoms with Crippen LogP contribution in [0.3, 0.4) is 0 Å². The highest BCUT2D eigenvalue weighted by atomic mass is 19.1. The van der Waals surface area contributed by atoms with Gasteiger partial charge in [0.15, 0.2) is 0 Å². The summed E-state index contributed by atoms with van der Waals surface area (Å²) in [5.74, 6) is 2.98. The highest BCUT2D eigenvalue weighted by molar-refractivity contribution is 5.97. The molecule has 136 valence electrons. The number of para-hydroxylation sites is 1. The summed E-state index contributed by atoms with van der Waals surface area (Å²) >= 11 is 0. The Hall–Kier alpha value is -3.33. The average molecular weight is 368 g/mol. The zero-order valence-electron chi connectivity index (χ0n) is 14.6. The molecule has 0 spiro atoms. The molecule has 0 aliphatic carbocycles. The lowest BCUT2D eigenvalue weighted by atomic mass is 10.0. The Bertz CT molecular complexity index is 1100. The van der Waals surface area contributed by atoms with E-state index in [0.29, 0.717) is 5.39 Å². The number of nitrogens with zero attached hydrogens (tertiary/aromatic N) is 1. The molecule has 0 unspecified atom stereocenters. The van der Waals surface area contributed by atoms with Crippen LogP contribution in [0.1, 0.15) is 29.8 Å². The Kier molecular flexibility index (Phi) is 4.87. The van der Waals surface area contributed by atoms with Crippen molar-refractivity contribution in [3.05, 3.63) is 77.2 Å². The molecule has 27 heavy (non-hydrogen) atoms. The minimum Gasteiger partial charge on any atom is -0.336 e. The van der Waals surface area contributed by atoms with Crippen molar-refractivity contribution in [2.24, 2.45) is 0 Å². The first-order chi connectivity index (χ1) is 12.7. The van der Waals surface area contributed by atoms with E-state index in [1.807, 2.05) is 0 Å². The van der Waals surface area contributed by atoms with Gasteiger partial charge < -0.3 is 5.32 Å². The molecule has 0 radical (unpaired) electrons. The summed E-state index contributed by atoms with van der Waals surface area (Å²) in [6, 6.07) is 9.11. The number of halogens is 3. The summed E-state index contributed by atoms with van der Waals surface area (Å²) in [7, 11) is 0. The normalized spacial score (nSPS) is 11.0. The molecule has 0 fully saturated rings. The topological polar surface area (TPSA) is 42.0 Å². The van der Waals surface area contributed by atoms with E-state index < -0.39 is 28.9 Å². The van der Waals surface area contributed by atoms with E-state index in [0.717, 1.165) is 12.1 Å². The summed E-state index contributed by atoms with van der Waals surface area (Å²) < 4.78 is 40.3. The number of fused-ring (bicyclic) bond motifs is 1. The zero-order valence-corrected chi connectivity index (χ0v) is 14.6. The predicted octanol–water partition coefficient (Wildman–Crippen LogP) is 4.21. The van der Waals surface area contributed by atoms with Crippen LogP contribution in [0, 0.1) is 29.3 Å². The molecule has 3 aromatic rings. The van der Waals surface area contributed by atoms with E-state index >= 15 is 0 Å². The molecular weight excluding hydrogens is 353 g/mol. The van der Waals surface area contributed by atoms with Crippen molar-refractivity contribution in [3.8, 4) is 11.8 Å². The van der Waals surface area contributed by atoms with Gasteiger partial charge in [0.2, 0.25) is 0 Å². The van der Waals surface area contributed by atoms with Crippen LogP contribution in [0.4, 0.5) is 13.2 Å². The van der Waals surface area contributed by atoms with Crippen LogP contribution >= 0.6 is 0 Å². The number of rotatable bonds is 2. The zero-order chi connectivity index (χ0) is 19.6. The van der Waals surface area contributed by atoms with E-state index in [1.54, 1.807) is 19.9 Å². The van der Waals surface area contributed by atoms with Crippen LogP contribution in [-0.4, -0.2) is 16.4 Å². The molecule has 3 rings (SSSR count). The molecule has 0 saturated heterocycles. The smallest absolute Gasteiger partial charge is 0.254 e. The lowest BCUT2D eigenvalue weighted by molar-refractivity contribution is 0.0929. The molecule has 1 heterocycles. The Labute approximate surface area is 154 Å². The van der Waals surface area contributed by atoms with Crippen LogP contribution in [0.25, 0.3) is 10.9 Å². The number of carbonyl (C=O) groups excluding carboxylic acids is 1. The first-order valence-electron chi connectivity index (χ1n) is 8.10. The number of nitrogens with one attached hydrogen (secondary N) is 1. The largest absolute Gasteiger partial charge is 0.336 e. The van der Waals surface area contributed by atoms with Gasteiger partial charge in [-0.2, -0.15) is 0 Å². The number of amides is 1. The van der Waals surface area contributed by atoms with Gasteiger partial charge in [0, 0.05) is 17.6 Å². The minimum atomic E-state index is -0.991. The number of pyridine rings is 1. The van der Waals surface area contributed by atoms with Gasteiger partial charge >= 0.3 is 0 Å². The molecule has 0 aliphatic heterocycles. The maximum absolute atomic E-state index is 13.7. The second-order valence-electron chi connectivity index (χ2n) is 6.49. The first-order valence-corrected chi connectivity index (χ1v) is 8.10. The molecule has 6 heteroatoms. The molecule has 0 bridgehead atoms. The van der Waals surface area contributed by atoms with Crippen LogP contribution < -0.4 is 5.32 Å². The standard InChI is InChI=1S/C21H15F3N2O/c1-21(2,9-8-13-6-7-16(22)11-18(13)24)26-20(27)15-10-14-4-3-5-17(23)19(14)25-12-15/h3-7,10-12H,1-2H3,(H,26,27). The number of benzene rings is 2. The van der Waals surface area contributed by atoms with E-state index in [9.17, 15) is 18.0 Å². The third-order valence-electron chi connectivity index (χ3n) is 3.79. The van der Waals surface area contributed by atoms with Crippen molar-refractivity contribution >= 4 is 16.8 Å². The second-order valence-corrected chi connectivity index (χ2v) is 6.49. The second kappa shape index (κ2) is 7.12. The number of hydrogen-bond donors (Lipinski definition) is 1. The average Bonchev–Trinajstić information content (AvgIpc) is 2.60. The summed E-state index contributed by atoms with van der Waals surface area (Å²) in [6.45, 7) is 3.29. The van der Waals surface area contributed by atoms with Crippen molar-refractivity contribution in [1.82, 2.24) is 10.3 Å². The number of carbonyl (C=O) groups is 1. The lowest BCUT2D eigenvalue weighted by Gasteiger charge is -2.20. The van der Waals surface area contributed by atoms with Crippen LogP contribution in [0.5, 0.6) is 0 Å². The number of hydrogen-bond acceptors (Lipinski definition) is 2. The maximum atomic E-state index is 13.7. The Morgan fingerprint density at radius 2 is 1.85 bits per heavy atom. The van der Waals surface area contributed by atoms with Gasteiger partial charge in [-0.05, 0) is 38.1 Å². The van der Waals surface area contributed by atoms with Crippen LogP contribution in [0.2, 0.25) is 0 Å². The third kappa shape index (κ3) is 4.26. The Morgan fingerprint density at radius 1 is 1.07 bits per heavy atom. The van der Waals surface area contributed by atoms with Crippen molar-refractivity contribution in [1.29, 1.82) is 0 Å². The molecule has 1 N–H and O–H groups in total. The van der Waals surface area contributed by atoms with Gasteiger partial charge in [0.05, 0.1) is 16.7 Å². The summed E-state index contributed by atoms with van der Waals surface area (Å²) in [5.41, 5.74) is -0.535. The van der Waals surface area contributed by atoms with Crippen molar-refractivity contribution in [2.45, 2.75) is 19.4 Å². The van der Waals surface area contributed by atoms with E-state index in [-0.39, 0.29) is 16.6 Å². The fraction of sp³-hybridized carbons (Fsp3) is 0.143. The molecular formula is C21H15F3N2O. The third-order valence-corrected chi connectivity index (χ3v) is 3.79. The van der Waals surface area contributed by atoms with Gasteiger partial charge in [-0.3, -0.25) is 9.78 Å². The fourth-order valence-electron chi connectivity index (χ4n) is 2.45. The van der Waals surface area contributed by atoms with Gasteiger partial charge in [-0.25, -0.2) is 13.2 Å². The van der Waals surface area contributed by atoms with E-state index in [1.165, 1.54) is 30.5 Å². The molecule has 2 aromatic carbocycles. The highest BCUT2D eigenvalue weighted by Crippen LogP contribution is 2.17. The van der Waals surface area contributed by atoms with Gasteiger partial charge in [-0.15, -0.1) is 0 Å². The quantitative estimate of drug-likeness (QED) is 0.689. The summed E-state index contributed by atoms with van der Waals surface area (Å²) in [4.78, 5) is 16.5. The van der Waals surface area contributed by atoms with E-state index in [4.69, 9.17) is 0 Å². The summed E-state index contributed by atoms with van der Waals surface area (Å²) in [6.07, 6.45) is 1.28. The van der Waals surface area contributed by atoms with Crippen molar-refractivity contribution < 1.29 is 18.0 Å². The van der Waals surface area contributed by atoms with E-state index in [2.05, 4.69) is 22.1 Å². The number of aromatic nitrogens is 1. The maximum Gasteiger partial charge on any atom is 0.254 e. The molecule has 0 atom stereocenters. The Morgan fingerprint density at radius 3 is 2.59 bits per heavy atom. The SMILES string of the molecule is CC(C)(C#Cc1ccc(F)cc1F)NC(=O)c1cnc2c(F)cccc2c1.